The molecule has 0 saturated carbocycles. The highest BCUT2D eigenvalue weighted by Crippen LogP contribution is 2.27. The lowest BCUT2D eigenvalue weighted by molar-refractivity contribution is 0.0907. The van der Waals surface area contributed by atoms with E-state index in [1.54, 1.807) is 6.92 Å². The van der Waals surface area contributed by atoms with Crippen molar-refractivity contribution in [3.8, 4) is 5.75 Å². The highest BCUT2D eigenvalue weighted by molar-refractivity contribution is 5.91. The average molecular weight is 393 g/mol. The van der Waals surface area contributed by atoms with Gasteiger partial charge in [-0.05, 0) is 24.6 Å². The number of carbonyl (C=O) groups is 1. The molecule has 0 aliphatic rings. The van der Waals surface area contributed by atoms with Gasteiger partial charge in [-0.2, -0.15) is 8.78 Å². The van der Waals surface area contributed by atoms with Crippen molar-refractivity contribution in [1.29, 1.82) is 0 Å². The zero-order valence-corrected chi connectivity index (χ0v) is 14.6. The van der Waals surface area contributed by atoms with Gasteiger partial charge in [0.05, 0.1) is 6.04 Å². The van der Waals surface area contributed by atoms with Gasteiger partial charge >= 0.3 is 0 Å². The molecular formula is C20H15F4NO3. The molecule has 2 aromatic carbocycles. The van der Waals surface area contributed by atoms with Crippen molar-refractivity contribution in [2.45, 2.75) is 19.6 Å². The Bertz CT molecular complexity index is 962. The van der Waals surface area contributed by atoms with Gasteiger partial charge in [0.15, 0.2) is 23.1 Å². The number of amides is 1. The number of benzene rings is 2. The van der Waals surface area contributed by atoms with Crippen molar-refractivity contribution in [3.05, 3.63) is 88.9 Å². The van der Waals surface area contributed by atoms with Crippen LogP contribution < -0.4 is 10.1 Å². The SMILES string of the molecule is C[C@@H](NC(=O)c1ccc(COc2c(F)c(F)cc(F)c2F)o1)c1ccccc1. The first kappa shape index (κ1) is 19.5. The van der Waals surface area contributed by atoms with Crippen molar-refractivity contribution in [2.75, 3.05) is 0 Å². The van der Waals surface area contributed by atoms with Gasteiger partial charge in [0.2, 0.25) is 11.6 Å². The van der Waals surface area contributed by atoms with E-state index in [0.29, 0.717) is 0 Å². The van der Waals surface area contributed by atoms with E-state index in [9.17, 15) is 22.4 Å². The Morgan fingerprint density at radius 1 is 1.04 bits per heavy atom. The van der Waals surface area contributed by atoms with Crippen LogP contribution in [0.5, 0.6) is 5.75 Å². The van der Waals surface area contributed by atoms with Crippen molar-refractivity contribution in [3.63, 3.8) is 0 Å². The van der Waals surface area contributed by atoms with Gasteiger partial charge in [-0.15, -0.1) is 0 Å². The van der Waals surface area contributed by atoms with Gasteiger partial charge in [0.1, 0.15) is 12.4 Å². The van der Waals surface area contributed by atoms with E-state index in [-0.39, 0.29) is 23.6 Å². The van der Waals surface area contributed by atoms with Crippen molar-refractivity contribution >= 4 is 5.91 Å². The molecule has 0 saturated heterocycles. The third-order valence-corrected chi connectivity index (χ3v) is 3.96. The summed E-state index contributed by atoms with van der Waals surface area (Å²) in [5.74, 6) is -8.17. The third kappa shape index (κ3) is 4.16. The quantitative estimate of drug-likeness (QED) is 0.478. The summed E-state index contributed by atoms with van der Waals surface area (Å²) < 4.78 is 63.6. The first-order valence-electron chi connectivity index (χ1n) is 8.27. The molecule has 146 valence electrons. The summed E-state index contributed by atoms with van der Waals surface area (Å²) in [6, 6.07) is 11.8. The molecule has 0 unspecified atom stereocenters. The van der Waals surface area contributed by atoms with Gasteiger partial charge in [0, 0.05) is 6.07 Å². The normalized spacial score (nSPS) is 11.9. The van der Waals surface area contributed by atoms with Gasteiger partial charge in [-0.3, -0.25) is 4.79 Å². The third-order valence-electron chi connectivity index (χ3n) is 3.96. The number of rotatable bonds is 6. The van der Waals surface area contributed by atoms with Crippen LogP contribution in [-0.4, -0.2) is 5.91 Å². The maximum absolute atomic E-state index is 13.6. The van der Waals surface area contributed by atoms with E-state index in [1.807, 2.05) is 30.3 Å². The summed E-state index contributed by atoms with van der Waals surface area (Å²) in [7, 11) is 0. The van der Waals surface area contributed by atoms with Crippen molar-refractivity contribution in [2.24, 2.45) is 0 Å². The predicted octanol–water partition coefficient (Wildman–Crippen LogP) is 4.91. The molecule has 3 rings (SSSR count). The molecule has 0 radical (unpaired) electrons. The number of halogens is 4. The lowest BCUT2D eigenvalue weighted by Crippen LogP contribution is -2.26. The Balaban J connectivity index is 1.66. The number of furan rings is 1. The second-order valence-electron chi connectivity index (χ2n) is 5.96. The van der Waals surface area contributed by atoms with E-state index < -0.39 is 41.5 Å². The summed E-state index contributed by atoms with van der Waals surface area (Å²) in [5, 5.41) is 2.74. The molecule has 8 heteroatoms. The maximum Gasteiger partial charge on any atom is 0.287 e. The predicted molar refractivity (Wildman–Crippen MR) is 91.6 cm³/mol. The van der Waals surface area contributed by atoms with Crippen LogP contribution >= 0.6 is 0 Å². The molecule has 1 heterocycles. The molecule has 1 N–H and O–H groups in total. The minimum atomic E-state index is -1.65. The smallest absolute Gasteiger partial charge is 0.287 e. The van der Waals surface area contributed by atoms with Gasteiger partial charge in [-0.25, -0.2) is 8.78 Å². The fraction of sp³-hybridized carbons (Fsp3) is 0.150. The molecule has 1 atom stereocenters. The Hall–Kier alpha value is -3.29. The number of nitrogens with one attached hydrogen (secondary N) is 1. The molecule has 0 bridgehead atoms. The molecule has 3 aromatic rings. The highest BCUT2D eigenvalue weighted by atomic mass is 19.2. The van der Waals surface area contributed by atoms with Crippen LogP contribution in [0.25, 0.3) is 0 Å². The van der Waals surface area contributed by atoms with Crippen LogP contribution in [0.1, 0.15) is 34.8 Å². The van der Waals surface area contributed by atoms with Crippen LogP contribution in [0.15, 0.2) is 52.9 Å². The summed E-state index contributed by atoms with van der Waals surface area (Å²) in [4.78, 5) is 12.2. The fourth-order valence-electron chi connectivity index (χ4n) is 2.49. The van der Waals surface area contributed by atoms with Crippen LogP contribution in [0.4, 0.5) is 17.6 Å². The zero-order chi connectivity index (χ0) is 20.3. The largest absolute Gasteiger partial charge is 0.479 e. The van der Waals surface area contributed by atoms with Crippen LogP contribution in [0.3, 0.4) is 0 Å². The lowest BCUT2D eigenvalue weighted by atomic mass is 10.1. The Kier molecular flexibility index (Phi) is 5.67. The van der Waals surface area contributed by atoms with E-state index in [0.717, 1.165) is 5.56 Å². The minimum Gasteiger partial charge on any atom is -0.479 e. The molecule has 28 heavy (non-hydrogen) atoms. The number of hydrogen-bond acceptors (Lipinski definition) is 3. The molecule has 0 aliphatic heterocycles. The first-order chi connectivity index (χ1) is 13.4. The number of ether oxygens (including phenoxy) is 1. The van der Waals surface area contributed by atoms with E-state index in [2.05, 4.69) is 5.32 Å². The maximum atomic E-state index is 13.6. The van der Waals surface area contributed by atoms with Crippen LogP contribution in [0, 0.1) is 23.3 Å². The van der Waals surface area contributed by atoms with Crippen molar-refractivity contribution < 1.29 is 31.5 Å². The average Bonchev–Trinajstić information content (AvgIpc) is 3.16. The monoisotopic (exact) mass is 393 g/mol. The highest BCUT2D eigenvalue weighted by Gasteiger charge is 2.21. The topological polar surface area (TPSA) is 51.5 Å². The standard InChI is InChI=1S/C20H15F4NO3/c1-11(12-5-3-2-4-6-12)25-20(26)16-8-7-13(28-16)10-27-19-17(23)14(21)9-15(22)18(19)24/h2-9,11H,10H2,1H3,(H,25,26)/t11-/m1/s1. The molecule has 0 fully saturated rings. The Morgan fingerprint density at radius 2 is 1.68 bits per heavy atom. The van der Waals surface area contributed by atoms with Crippen LogP contribution in [-0.2, 0) is 6.61 Å². The summed E-state index contributed by atoms with van der Waals surface area (Å²) in [6.07, 6.45) is 0. The lowest BCUT2D eigenvalue weighted by Gasteiger charge is -2.13. The van der Waals surface area contributed by atoms with Crippen molar-refractivity contribution in [1.82, 2.24) is 5.32 Å². The second kappa shape index (κ2) is 8.16. The molecular weight excluding hydrogens is 378 g/mol. The molecule has 0 aliphatic carbocycles. The fourth-order valence-corrected chi connectivity index (χ4v) is 2.49. The van der Waals surface area contributed by atoms with E-state index >= 15 is 0 Å². The summed E-state index contributed by atoms with van der Waals surface area (Å²) in [5.41, 5.74) is 0.894. The zero-order valence-electron chi connectivity index (χ0n) is 14.6. The van der Waals surface area contributed by atoms with Crippen LogP contribution in [0.2, 0.25) is 0 Å². The van der Waals surface area contributed by atoms with Gasteiger partial charge < -0.3 is 14.5 Å². The van der Waals surface area contributed by atoms with Gasteiger partial charge in [0.25, 0.3) is 5.91 Å². The molecule has 1 aromatic heterocycles. The molecule has 0 spiro atoms. The number of hydrogen-bond donors (Lipinski definition) is 1. The molecule has 4 nitrogen and oxygen atoms in total. The molecule has 1 amide bonds. The number of carbonyl (C=O) groups excluding carboxylic acids is 1. The second-order valence-corrected chi connectivity index (χ2v) is 5.96. The van der Waals surface area contributed by atoms with E-state index in [4.69, 9.17) is 9.15 Å². The van der Waals surface area contributed by atoms with Gasteiger partial charge in [-0.1, -0.05) is 30.3 Å². The summed E-state index contributed by atoms with van der Waals surface area (Å²) in [6.45, 7) is 1.27. The van der Waals surface area contributed by atoms with E-state index in [1.165, 1.54) is 12.1 Å². The Morgan fingerprint density at radius 3 is 2.32 bits per heavy atom. The first-order valence-corrected chi connectivity index (χ1v) is 8.27. The summed E-state index contributed by atoms with van der Waals surface area (Å²) >= 11 is 0. The Labute approximate surface area is 157 Å². The minimum absolute atomic E-state index is 0.0426.